The van der Waals surface area contributed by atoms with Gasteiger partial charge in [0.25, 0.3) is 0 Å². The summed E-state index contributed by atoms with van der Waals surface area (Å²) in [4.78, 5) is 23.8. The van der Waals surface area contributed by atoms with Crippen LogP contribution in [-0.2, 0) is 9.59 Å². The van der Waals surface area contributed by atoms with Crippen molar-refractivity contribution in [3.63, 3.8) is 0 Å². The number of hydrogen-bond donors (Lipinski definition) is 2. The van der Waals surface area contributed by atoms with E-state index in [2.05, 4.69) is 10.6 Å². The van der Waals surface area contributed by atoms with Crippen LogP contribution in [0.3, 0.4) is 0 Å². The first-order valence-corrected chi connectivity index (χ1v) is 9.15. The molecule has 0 aliphatic carbocycles. The Bertz CT molecular complexity index is 754. The minimum atomic E-state index is -0.244. The van der Waals surface area contributed by atoms with E-state index in [-0.39, 0.29) is 23.3 Å². The van der Waals surface area contributed by atoms with Crippen molar-refractivity contribution in [2.75, 3.05) is 29.2 Å². The summed E-state index contributed by atoms with van der Waals surface area (Å²) in [6.07, 6.45) is 0. The van der Waals surface area contributed by atoms with E-state index in [1.54, 1.807) is 49.6 Å². The molecular weight excluding hydrogens is 383 g/mol. The molecule has 2 aromatic carbocycles. The maximum Gasteiger partial charge on any atom is 0.234 e. The van der Waals surface area contributed by atoms with Gasteiger partial charge in [0.2, 0.25) is 11.8 Å². The Morgan fingerprint density at radius 3 is 2.24 bits per heavy atom. The highest BCUT2D eigenvalue weighted by Gasteiger charge is 2.09. The molecule has 5 nitrogen and oxygen atoms in total. The molecule has 2 aromatic rings. The molecule has 0 aliphatic heterocycles. The molecule has 2 N–H and O–H groups in total. The van der Waals surface area contributed by atoms with Crippen LogP contribution in [-0.4, -0.2) is 30.4 Å². The predicted octanol–water partition coefficient (Wildman–Crippen LogP) is 4.31. The molecule has 0 unspecified atom stereocenters. The molecule has 8 heteroatoms. The van der Waals surface area contributed by atoms with E-state index < -0.39 is 0 Å². The fraction of sp³-hybridized carbons (Fsp3) is 0.176. The number of amides is 2. The van der Waals surface area contributed by atoms with Crippen molar-refractivity contribution < 1.29 is 14.3 Å². The SMILES string of the molecule is COc1ccc(NC(=O)CSCC(=O)Nc2ccc(Cl)cc2Cl)cc1. The number of nitrogens with one attached hydrogen (secondary N) is 2. The van der Waals surface area contributed by atoms with Gasteiger partial charge in [0.1, 0.15) is 5.75 Å². The molecule has 0 radical (unpaired) electrons. The van der Waals surface area contributed by atoms with Gasteiger partial charge in [-0.15, -0.1) is 11.8 Å². The van der Waals surface area contributed by atoms with Crippen LogP contribution in [0.25, 0.3) is 0 Å². The Balaban J connectivity index is 1.73. The fourth-order valence-corrected chi connectivity index (χ4v) is 2.96. The summed E-state index contributed by atoms with van der Waals surface area (Å²) < 4.78 is 5.05. The fourth-order valence-electron chi connectivity index (χ4n) is 1.88. The van der Waals surface area contributed by atoms with Crippen molar-refractivity contribution in [2.24, 2.45) is 0 Å². The molecule has 0 saturated heterocycles. The highest BCUT2D eigenvalue weighted by Crippen LogP contribution is 2.25. The number of anilines is 2. The number of rotatable bonds is 7. The third kappa shape index (κ3) is 6.49. The van der Waals surface area contributed by atoms with Crippen molar-refractivity contribution in [3.8, 4) is 5.75 Å². The van der Waals surface area contributed by atoms with E-state index in [4.69, 9.17) is 27.9 Å². The minimum absolute atomic E-state index is 0.134. The first kappa shape index (κ1) is 19.4. The zero-order chi connectivity index (χ0) is 18.2. The van der Waals surface area contributed by atoms with Gasteiger partial charge in [-0.3, -0.25) is 9.59 Å². The van der Waals surface area contributed by atoms with Gasteiger partial charge in [0, 0.05) is 10.7 Å². The van der Waals surface area contributed by atoms with Crippen LogP contribution in [0.5, 0.6) is 5.75 Å². The minimum Gasteiger partial charge on any atom is -0.497 e. The summed E-state index contributed by atoms with van der Waals surface area (Å²) in [5, 5.41) is 6.28. The van der Waals surface area contributed by atoms with Crippen LogP contribution in [0.1, 0.15) is 0 Å². The van der Waals surface area contributed by atoms with Gasteiger partial charge in [-0.2, -0.15) is 0 Å². The molecule has 2 amide bonds. The first-order chi connectivity index (χ1) is 12.0. The van der Waals surface area contributed by atoms with Gasteiger partial charge in [0.15, 0.2) is 0 Å². The molecule has 0 heterocycles. The Kier molecular flexibility index (Phi) is 7.43. The Morgan fingerprint density at radius 2 is 1.64 bits per heavy atom. The second-order valence-corrected chi connectivity index (χ2v) is 6.77. The van der Waals surface area contributed by atoms with Crippen LogP contribution in [0.15, 0.2) is 42.5 Å². The number of methoxy groups -OCH3 is 1. The van der Waals surface area contributed by atoms with E-state index in [9.17, 15) is 9.59 Å². The average Bonchev–Trinajstić information content (AvgIpc) is 2.58. The zero-order valence-electron chi connectivity index (χ0n) is 13.3. The van der Waals surface area contributed by atoms with Gasteiger partial charge in [0.05, 0.1) is 29.3 Å². The summed E-state index contributed by atoms with van der Waals surface area (Å²) >= 11 is 13.0. The van der Waals surface area contributed by atoms with Crippen LogP contribution in [0.2, 0.25) is 10.0 Å². The van der Waals surface area contributed by atoms with Gasteiger partial charge in [-0.1, -0.05) is 23.2 Å². The largest absolute Gasteiger partial charge is 0.497 e. The van der Waals surface area contributed by atoms with Crippen LogP contribution in [0, 0.1) is 0 Å². The first-order valence-electron chi connectivity index (χ1n) is 7.24. The topological polar surface area (TPSA) is 67.4 Å². The predicted molar refractivity (Wildman–Crippen MR) is 104 cm³/mol. The summed E-state index contributed by atoms with van der Waals surface area (Å²) in [6, 6.07) is 11.8. The van der Waals surface area contributed by atoms with Crippen molar-refractivity contribution in [1.82, 2.24) is 0 Å². The summed E-state index contributed by atoms with van der Waals surface area (Å²) in [5.74, 6) is 0.576. The number of halogens is 2. The van der Waals surface area contributed by atoms with Crippen molar-refractivity contribution in [3.05, 3.63) is 52.5 Å². The number of ether oxygens (including phenoxy) is 1. The number of carbonyl (C=O) groups is 2. The highest BCUT2D eigenvalue weighted by atomic mass is 35.5. The van der Waals surface area contributed by atoms with Crippen molar-refractivity contribution >= 4 is 58.2 Å². The number of hydrogen-bond acceptors (Lipinski definition) is 4. The molecule has 132 valence electrons. The molecule has 0 atom stereocenters. The molecular formula is C17H16Cl2N2O3S. The summed E-state index contributed by atoms with van der Waals surface area (Å²) in [5.41, 5.74) is 1.16. The van der Waals surface area contributed by atoms with E-state index in [0.717, 1.165) is 0 Å². The standard InChI is InChI=1S/C17H16Cl2N2O3S/c1-24-13-5-3-12(4-6-13)20-16(22)9-25-10-17(23)21-15-7-2-11(18)8-14(15)19/h2-8H,9-10H2,1H3,(H,20,22)(H,21,23). The normalized spacial score (nSPS) is 10.2. The smallest absolute Gasteiger partial charge is 0.234 e. The molecule has 0 bridgehead atoms. The van der Waals surface area contributed by atoms with E-state index >= 15 is 0 Å². The lowest BCUT2D eigenvalue weighted by molar-refractivity contribution is -0.114. The maximum absolute atomic E-state index is 11.9. The average molecular weight is 399 g/mol. The second kappa shape index (κ2) is 9.56. The highest BCUT2D eigenvalue weighted by molar-refractivity contribution is 8.00. The van der Waals surface area contributed by atoms with Gasteiger partial charge in [-0.05, 0) is 42.5 Å². The van der Waals surface area contributed by atoms with Crippen LogP contribution < -0.4 is 15.4 Å². The van der Waals surface area contributed by atoms with Gasteiger partial charge in [-0.25, -0.2) is 0 Å². The van der Waals surface area contributed by atoms with Crippen molar-refractivity contribution in [1.29, 1.82) is 0 Å². The monoisotopic (exact) mass is 398 g/mol. The quantitative estimate of drug-likeness (QED) is 0.728. The Labute approximate surface area is 160 Å². The van der Waals surface area contributed by atoms with Crippen molar-refractivity contribution in [2.45, 2.75) is 0 Å². The second-order valence-electron chi connectivity index (χ2n) is 4.94. The van der Waals surface area contributed by atoms with Crippen LogP contribution in [0.4, 0.5) is 11.4 Å². The number of thioether (sulfide) groups is 1. The maximum atomic E-state index is 11.9. The van der Waals surface area contributed by atoms with Gasteiger partial charge >= 0.3 is 0 Å². The molecule has 0 fully saturated rings. The Hall–Kier alpha value is -1.89. The molecule has 25 heavy (non-hydrogen) atoms. The van der Waals surface area contributed by atoms with E-state index in [1.807, 2.05) is 0 Å². The third-order valence-corrected chi connectivity index (χ3v) is 4.53. The molecule has 0 aliphatic rings. The molecule has 0 saturated carbocycles. The lowest BCUT2D eigenvalue weighted by Gasteiger charge is -2.08. The molecule has 2 rings (SSSR count). The number of benzene rings is 2. The number of carbonyl (C=O) groups excluding carboxylic acids is 2. The third-order valence-electron chi connectivity index (χ3n) is 3.05. The van der Waals surface area contributed by atoms with Crippen LogP contribution >= 0.6 is 35.0 Å². The van der Waals surface area contributed by atoms with E-state index in [0.29, 0.717) is 27.2 Å². The molecule has 0 aromatic heterocycles. The Morgan fingerprint density at radius 1 is 1.00 bits per heavy atom. The summed E-state index contributed by atoms with van der Waals surface area (Å²) in [6.45, 7) is 0. The summed E-state index contributed by atoms with van der Waals surface area (Å²) in [7, 11) is 1.58. The lowest BCUT2D eigenvalue weighted by Crippen LogP contribution is -2.18. The van der Waals surface area contributed by atoms with Gasteiger partial charge < -0.3 is 15.4 Å². The lowest BCUT2D eigenvalue weighted by atomic mass is 10.3. The van der Waals surface area contributed by atoms with E-state index in [1.165, 1.54) is 11.8 Å². The zero-order valence-corrected chi connectivity index (χ0v) is 15.7. The molecule has 0 spiro atoms.